The number of carbonyl (C=O) groups is 1. The van der Waals surface area contributed by atoms with E-state index < -0.39 is 19.4 Å². The van der Waals surface area contributed by atoms with Gasteiger partial charge in [0.1, 0.15) is 5.78 Å². The van der Waals surface area contributed by atoms with E-state index in [9.17, 15) is 9.36 Å². The molecule has 0 amide bonds. The van der Waals surface area contributed by atoms with Crippen LogP contribution in [0, 0.1) is 11.8 Å². The number of Topliss-reactive ketones (excluding diaryl/α,β-unsaturated/α-hetero) is 1. The summed E-state index contributed by atoms with van der Waals surface area (Å²) in [6.45, 7) is 3.61. The Morgan fingerprint density at radius 3 is 2.30 bits per heavy atom. The molecule has 2 rings (SSSR count). The van der Waals surface area contributed by atoms with Crippen LogP contribution < -0.4 is 0 Å². The van der Waals surface area contributed by atoms with Crippen molar-refractivity contribution >= 4 is 13.5 Å². The van der Waals surface area contributed by atoms with Gasteiger partial charge in [0, 0.05) is 5.92 Å². The number of hydrogen-bond acceptors (Lipinski definition) is 4. The van der Waals surface area contributed by atoms with Crippen molar-refractivity contribution in [3.63, 3.8) is 0 Å². The highest BCUT2D eigenvalue weighted by Gasteiger charge is 2.56. The van der Waals surface area contributed by atoms with Gasteiger partial charge in [0.15, 0.2) is 0 Å². The standard InChI is InChI=1S/C13H23N2O4P/c1-9-11-7-8-13(18-11,10(2)12(9)16)19-20(17,14(3)4)15(5)6/h7-11H,1-6H3/t9-,10-,11+,13-/m0/s1. The second-order valence-electron chi connectivity index (χ2n) is 5.85. The summed E-state index contributed by atoms with van der Waals surface area (Å²) in [6.07, 6.45) is 3.28. The average Bonchev–Trinajstić information content (AvgIpc) is 2.77. The van der Waals surface area contributed by atoms with Gasteiger partial charge in [-0.25, -0.2) is 9.34 Å². The summed E-state index contributed by atoms with van der Waals surface area (Å²) in [4.78, 5) is 12.3. The van der Waals surface area contributed by atoms with E-state index in [2.05, 4.69) is 0 Å². The number of hydrogen-bond donors (Lipinski definition) is 0. The molecule has 4 atom stereocenters. The van der Waals surface area contributed by atoms with Crippen LogP contribution in [0.25, 0.3) is 0 Å². The Kier molecular flexibility index (Phi) is 4.00. The zero-order valence-electron chi connectivity index (χ0n) is 12.9. The Bertz CT molecular complexity index is 479. The fraction of sp³-hybridized carbons (Fsp3) is 0.769. The molecule has 1 saturated heterocycles. The minimum atomic E-state index is -3.23. The van der Waals surface area contributed by atoms with Crippen molar-refractivity contribution in [2.75, 3.05) is 28.2 Å². The molecule has 0 radical (unpaired) electrons. The lowest BCUT2D eigenvalue weighted by Gasteiger charge is -2.43. The fourth-order valence-electron chi connectivity index (χ4n) is 2.63. The largest absolute Gasteiger partial charge is 0.347 e. The van der Waals surface area contributed by atoms with Crippen molar-refractivity contribution in [2.45, 2.75) is 25.7 Å². The molecular formula is C13H23N2O4P. The van der Waals surface area contributed by atoms with Crippen molar-refractivity contribution < 1.29 is 18.6 Å². The molecule has 0 saturated carbocycles. The predicted octanol–water partition coefficient (Wildman–Crippen LogP) is 1.74. The van der Waals surface area contributed by atoms with E-state index in [0.717, 1.165) is 0 Å². The summed E-state index contributed by atoms with van der Waals surface area (Å²) >= 11 is 0. The summed E-state index contributed by atoms with van der Waals surface area (Å²) in [6, 6.07) is 0. The van der Waals surface area contributed by atoms with Crippen LogP contribution in [0.15, 0.2) is 12.2 Å². The molecule has 0 aromatic carbocycles. The molecule has 0 aromatic rings. The SMILES string of the molecule is C[C@@H]1C(=O)[C@H](C)[C@@]2(OP(=O)(N(C)C)N(C)C)C=C[C@H]1O2. The maximum Gasteiger partial charge on any atom is 0.347 e. The van der Waals surface area contributed by atoms with Gasteiger partial charge in [-0.2, -0.15) is 0 Å². The van der Waals surface area contributed by atoms with Gasteiger partial charge in [-0.1, -0.05) is 13.0 Å². The quantitative estimate of drug-likeness (QED) is 0.582. The van der Waals surface area contributed by atoms with Crippen molar-refractivity contribution in [2.24, 2.45) is 11.8 Å². The predicted molar refractivity (Wildman–Crippen MR) is 76.1 cm³/mol. The molecule has 2 aliphatic rings. The third kappa shape index (κ3) is 2.20. The summed E-state index contributed by atoms with van der Waals surface area (Å²) in [7, 11) is 3.51. The molecule has 6 nitrogen and oxygen atoms in total. The third-order valence-electron chi connectivity index (χ3n) is 4.08. The van der Waals surface area contributed by atoms with Crippen LogP contribution in [0.3, 0.4) is 0 Å². The number of nitrogens with zero attached hydrogens (tertiary/aromatic N) is 2. The monoisotopic (exact) mass is 302 g/mol. The van der Waals surface area contributed by atoms with Crippen molar-refractivity contribution in [1.82, 2.24) is 9.34 Å². The minimum Gasteiger partial charge on any atom is -0.337 e. The topological polar surface area (TPSA) is 59.1 Å². The molecule has 0 spiro atoms. The molecule has 2 aliphatic heterocycles. The van der Waals surface area contributed by atoms with Crippen LogP contribution in [0.1, 0.15) is 13.8 Å². The normalized spacial score (nSPS) is 37.2. The molecule has 0 aliphatic carbocycles. The van der Waals surface area contributed by atoms with Crippen LogP contribution in [0.5, 0.6) is 0 Å². The van der Waals surface area contributed by atoms with E-state index in [1.807, 2.05) is 13.0 Å². The fourth-order valence-corrected chi connectivity index (χ4v) is 4.30. The lowest BCUT2D eigenvalue weighted by Crippen LogP contribution is -2.52. The second-order valence-corrected chi connectivity index (χ2v) is 8.62. The lowest BCUT2D eigenvalue weighted by atomic mass is 9.86. The Morgan fingerprint density at radius 1 is 1.25 bits per heavy atom. The van der Waals surface area contributed by atoms with Crippen LogP contribution in [-0.2, 0) is 18.6 Å². The van der Waals surface area contributed by atoms with E-state index in [1.54, 1.807) is 41.2 Å². The van der Waals surface area contributed by atoms with Gasteiger partial charge in [0.2, 0.25) is 5.79 Å². The van der Waals surface area contributed by atoms with Crippen LogP contribution in [-0.4, -0.2) is 55.2 Å². The van der Waals surface area contributed by atoms with E-state index >= 15 is 0 Å². The molecule has 0 aromatic heterocycles. The van der Waals surface area contributed by atoms with Crippen molar-refractivity contribution in [3.05, 3.63) is 12.2 Å². The highest BCUT2D eigenvalue weighted by atomic mass is 31.2. The Labute approximate surface area is 120 Å². The maximum atomic E-state index is 13.0. The molecule has 0 unspecified atom stereocenters. The van der Waals surface area contributed by atoms with Gasteiger partial charge < -0.3 is 4.74 Å². The first-order chi connectivity index (χ1) is 9.14. The minimum absolute atomic E-state index is 0.0790. The number of ketones is 1. The zero-order chi connectivity index (χ0) is 15.3. The number of carbonyl (C=O) groups excluding carboxylic acids is 1. The third-order valence-corrected chi connectivity index (χ3v) is 6.63. The van der Waals surface area contributed by atoms with Crippen molar-refractivity contribution in [3.8, 4) is 0 Å². The molecule has 114 valence electrons. The summed E-state index contributed by atoms with van der Waals surface area (Å²) in [5.74, 6) is -1.83. The van der Waals surface area contributed by atoms with Gasteiger partial charge >= 0.3 is 7.67 Å². The Hall–Kier alpha value is -0.520. The van der Waals surface area contributed by atoms with Crippen LogP contribution >= 0.6 is 7.67 Å². The number of ether oxygens (including phenoxy) is 1. The molecule has 7 heteroatoms. The summed E-state index contributed by atoms with van der Waals surface area (Å²) < 4.78 is 27.8. The maximum absolute atomic E-state index is 13.0. The van der Waals surface area contributed by atoms with E-state index in [4.69, 9.17) is 9.26 Å². The molecule has 1 fully saturated rings. The van der Waals surface area contributed by atoms with Gasteiger partial charge in [-0.15, -0.1) is 0 Å². The highest BCUT2D eigenvalue weighted by Crippen LogP contribution is 2.58. The molecular weight excluding hydrogens is 279 g/mol. The van der Waals surface area contributed by atoms with Crippen molar-refractivity contribution in [1.29, 1.82) is 0 Å². The van der Waals surface area contributed by atoms with E-state index in [1.165, 1.54) is 9.34 Å². The van der Waals surface area contributed by atoms with Gasteiger partial charge in [0.25, 0.3) is 0 Å². The lowest BCUT2D eigenvalue weighted by molar-refractivity contribution is -0.217. The van der Waals surface area contributed by atoms with Gasteiger partial charge in [0.05, 0.1) is 12.0 Å². The molecule has 2 bridgehead atoms. The summed E-state index contributed by atoms with van der Waals surface area (Å²) in [5, 5.41) is 0. The van der Waals surface area contributed by atoms with E-state index in [0.29, 0.717) is 0 Å². The van der Waals surface area contributed by atoms with Crippen LogP contribution in [0.4, 0.5) is 0 Å². The zero-order valence-corrected chi connectivity index (χ0v) is 13.8. The Balaban J connectivity index is 2.35. The highest BCUT2D eigenvalue weighted by molar-refractivity contribution is 7.53. The van der Waals surface area contributed by atoms with E-state index in [-0.39, 0.29) is 17.8 Å². The number of fused-ring (bicyclic) bond motifs is 2. The smallest absolute Gasteiger partial charge is 0.337 e. The van der Waals surface area contributed by atoms with Crippen LogP contribution in [0.2, 0.25) is 0 Å². The van der Waals surface area contributed by atoms with Gasteiger partial charge in [-0.3, -0.25) is 13.9 Å². The first-order valence-electron chi connectivity index (χ1n) is 6.71. The first kappa shape index (κ1) is 15.9. The van der Waals surface area contributed by atoms with Gasteiger partial charge in [-0.05, 0) is 41.2 Å². The first-order valence-corrected chi connectivity index (χ1v) is 8.24. The number of rotatable bonds is 4. The molecule has 20 heavy (non-hydrogen) atoms. The molecule has 0 N–H and O–H groups in total. The second kappa shape index (κ2) is 5.04. The summed E-state index contributed by atoms with van der Waals surface area (Å²) in [5.41, 5.74) is 0. The average molecular weight is 302 g/mol. The molecule has 2 heterocycles. The Morgan fingerprint density at radius 2 is 1.80 bits per heavy atom.